The highest BCUT2D eigenvalue weighted by Gasteiger charge is 2.33. The standard InChI is InChI=1S/C18H14F4N2OS2/c1-9-17(27-10(2)23-9)15-8-26-16(24-15)7-12(25)5-11-3-4-13(14(19)6-11)18(20,21)22/h3-4,6,8H,5,7H2,1-2H3. The molecule has 0 amide bonds. The first-order valence-electron chi connectivity index (χ1n) is 7.89. The molecule has 9 heteroatoms. The van der Waals surface area contributed by atoms with Crippen molar-refractivity contribution in [2.24, 2.45) is 0 Å². The molecule has 0 aliphatic carbocycles. The summed E-state index contributed by atoms with van der Waals surface area (Å²) >= 11 is 2.86. The van der Waals surface area contributed by atoms with Gasteiger partial charge in [-0.2, -0.15) is 13.2 Å². The number of alkyl halides is 3. The highest BCUT2D eigenvalue weighted by atomic mass is 32.1. The maximum absolute atomic E-state index is 13.6. The molecule has 3 nitrogen and oxygen atoms in total. The summed E-state index contributed by atoms with van der Waals surface area (Å²) in [6, 6.07) is 2.55. The Balaban J connectivity index is 1.68. The lowest BCUT2D eigenvalue weighted by Gasteiger charge is -2.09. The fraction of sp³-hybridized carbons (Fsp3) is 0.278. The lowest BCUT2D eigenvalue weighted by Crippen LogP contribution is -2.10. The molecule has 2 heterocycles. The van der Waals surface area contributed by atoms with Crippen LogP contribution in [-0.2, 0) is 23.8 Å². The number of hydrogen-bond donors (Lipinski definition) is 0. The van der Waals surface area contributed by atoms with E-state index < -0.39 is 17.6 Å². The molecule has 0 saturated carbocycles. The third-order valence-electron chi connectivity index (χ3n) is 3.78. The van der Waals surface area contributed by atoms with E-state index in [0.29, 0.717) is 11.1 Å². The molecule has 0 saturated heterocycles. The predicted molar refractivity (Wildman–Crippen MR) is 96.5 cm³/mol. The van der Waals surface area contributed by atoms with Crippen LogP contribution >= 0.6 is 22.7 Å². The van der Waals surface area contributed by atoms with Crippen LogP contribution in [0.25, 0.3) is 10.6 Å². The number of aryl methyl sites for hydroxylation is 2. The third-order valence-corrected chi connectivity index (χ3v) is 5.72. The van der Waals surface area contributed by atoms with Crippen molar-refractivity contribution >= 4 is 28.5 Å². The largest absolute Gasteiger partial charge is 0.419 e. The van der Waals surface area contributed by atoms with Gasteiger partial charge >= 0.3 is 6.18 Å². The van der Waals surface area contributed by atoms with Crippen molar-refractivity contribution in [2.75, 3.05) is 0 Å². The minimum Gasteiger partial charge on any atom is -0.299 e. The van der Waals surface area contributed by atoms with Crippen molar-refractivity contribution in [1.29, 1.82) is 0 Å². The molecule has 27 heavy (non-hydrogen) atoms. The van der Waals surface area contributed by atoms with Gasteiger partial charge in [0.2, 0.25) is 0 Å². The number of rotatable bonds is 5. The first kappa shape index (κ1) is 19.6. The van der Waals surface area contributed by atoms with Crippen molar-refractivity contribution in [2.45, 2.75) is 32.9 Å². The Morgan fingerprint density at radius 2 is 1.89 bits per heavy atom. The SMILES string of the molecule is Cc1nc(C)c(-c2csc(CC(=O)Cc3ccc(C(F)(F)F)c(F)c3)n2)s1. The van der Waals surface area contributed by atoms with E-state index in [1.807, 2.05) is 19.2 Å². The van der Waals surface area contributed by atoms with E-state index in [9.17, 15) is 22.4 Å². The number of halogens is 4. The fourth-order valence-corrected chi connectivity index (χ4v) is 4.39. The highest BCUT2D eigenvalue weighted by Crippen LogP contribution is 2.32. The number of ketones is 1. The van der Waals surface area contributed by atoms with Crippen LogP contribution in [0.3, 0.4) is 0 Å². The number of hydrogen-bond acceptors (Lipinski definition) is 5. The molecular weight excluding hydrogens is 400 g/mol. The van der Waals surface area contributed by atoms with E-state index >= 15 is 0 Å². The second-order valence-electron chi connectivity index (χ2n) is 5.98. The lowest BCUT2D eigenvalue weighted by atomic mass is 10.0. The minimum atomic E-state index is -4.75. The van der Waals surface area contributed by atoms with Gasteiger partial charge in [-0.3, -0.25) is 4.79 Å². The summed E-state index contributed by atoms with van der Waals surface area (Å²) in [5.74, 6) is -1.62. The Morgan fingerprint density at radius 3 is 2.48 bits per heavy atom. The van der Waals surface area contributed by atoms with Gasteiger partial charge in [0.1, 0.15) is 16.6 Å². The molecule has 0 atom stereocenters. The van der Waals surface area contributed by atoms with E-state index in [1.54, 1.807) is 0 Å². The number of Topliss-reactive ketones (excluding diaryl/α,β-unsaturated/α-hetero) is 1. The summed E-state index contributed by atoms with van der Waals surface area (Å²) in [6.07, 6.45) is -4.86. The average Bonchev–Trinajstić information content (AvgIpc) is 3.11. The van der Waals surface area contributed by atoms with E-state index in [1.165, 1.54) is 22.7 Å². The summed E-state index contributed by atoms with van der Waals surface area (Å²) in [4.78, 5) is 21.9. The van der Waals surface area contributed by atoms with Crippen molar-refractivity contribution < 1.29 is 22.4 Å². The molecule has 0 fully saturated rings. The predicted octanol–water partition coefficient (Wildman–Crippen LogP) is 5.40. The third kappa shape index (κ3) is 4.59. The molecule has 0 bridgehead atoms. The second kappa shape index (κ2) is 7.47. The Bertz CT molecular complexity index is 992. The molecule has 0 spiro atoms. The smallest absolute Gasteiger partial charge is 0.299 e. The van der Waals surface area contributed by atoms with Gasteiger partial charge in [-0.15, -0.1) is 22.7 Å². The molecule has 0 radical (unpaired) electrons. The molecule has 0 aliphatic heterocycles. The summed E-state index contributed by atoms with van der Waals surface area (Å²) in [6.45, 7) is 3.79. The van der Waals surface area contributed by atoms with E-state index in [-0.39, 0.29) is 24.2 Å². The second-order valence-corrected chi connectivity index (χ2v) is 8.12. The first-order chi connectivity index (χ1) is 12.6. The van der Waals surface area contributed by atoms with Gasteiger partial charge in [-0.1, -0.05) is 6.07 Å². The average molecular weight is 414 g/mol. The maximum atomic E-state index is 13.6. The molecule has 2 aromatic heterocycles. The number of carbonyl (C=O) groups is 1. The van der Waals surface area contributed by atoms with Crippen molar-refractivity contribution in [1.82, 2.24) is 9.97 Å². The van der Waals surface area contributed by atoms with Crippen LogP contribution in [0.15, 0.2) is 23.6 Å². The lowest BCUT2D eigenvalue weighted by molar-refractivity contribution is -0.140. The van der Waals surface area contributed by atoms with Crippen LogP contribution < -0.4 is 0 Å². The van der Waals surface area contributed by atoms with Crippen molar-refractivity contribution in [3.05, 3.63) is 56.2 Å². The van der Waals surface area contributed by atoms with E-state index in [2.05, 4.69) is 9.97 Å². The van der Waals surface area contributed by atoms with Crippen LogP contribution in [-0.4, -0.2) is 15.8 Å². The summed E-state index contributed by atoms with van der Waals surface area (Å²) in [5, 5.41) is 3.38. The molecular formula is C18H14F4N2OS2. The molecule has 0 aliphatic rings. The van der Waals surface area contributed by atoms with Gasteiger partial charge in [-0.25, -0.2) is 14.4 Å². The Kier molecular flexibility index (Phi) is 5.43. The summed E-state index contributed by atoms with van der Waals surface area (Å²) in [7, 11) is 0. The zero-order valence-corrected chi connectivity index (χ0v) is 16.0. The Labute approximate surface area is 160 Å². The fourth-order valence-electron chi connectivity index (χ4n) is 2.62. The Hall–Kier alpha value is -2.13. The van der Waals surface area contributed by atoms with Gasteiger partial charge < -0.3 is 0 Å². The topological polar surface area (TPSA) is 42.9 Å². The zero-order chi connectivity index (χ0) is 19.8. The van der Waals surface area contributed by atoms with Crippen LogP contribution in [0.4, 0.5) is 17.6 Å². The molecule has 0 N–H and O–H groups in total. The van der Waals surface area contributed by atoms with Crippen molar-refractivity contribution in [3.8, 4) is 10.6 Å². The van der Waals surface area contributed by atoms with E-state index in [4.69, 9.17) is 0 Å². The van der Waals surface area contributed by atoms with Crippen LogP contribution in [0.2, 0.25) is 0 Å². The normalized spacial score (nSPS) is 11.8. The molecule has 3 rings (SSSR count). The highest BCUT2D eigenvalue weighted by molar-refractivity contribution is 7.16. The van der Waals surface area contributed by atoms with Gasteiger partial charge in [0.05, 0.1) is 33.3 Å². The number of carbonyl (C=O) groups excluding carboxylic acids is 1. The molecule has 0 unspecified atom stereocenters. The number of thiazole rings is 2. The molecule has 142 valence electrons. The van der Waals surface area contributed by atoms with Gasteiger partial charge in [0.25, 0.3) is 0 Å². The molecule has 3 aromatic rings. The quantitative estimate of drug-likeness (QED) is 0.526. The monoisotopic (exact) mass is 414 g/mol. The minimum absolute atomic E-state index is 0.0458. The van der Waals surface area contributed by atoms with Gasteiger partial charge in [-0.05, 0) is 31.5 Å². The number of benzene rings is 1. The van der Waals surface area contributed by atoms with Crippen LogP contribution in [0.5, 0.6) is 0 Å². The van der Waals surface area contributed by atoms with Gasteiger partial charge in [0, 0.05) is 11.8 Å². The number of aromatic nitrogens is 2. The first-order valence-corrected chi connectivity index (χ1v) is 9.59. The maximum Gasteiger partial charge on any atom is 0.419 e. The van der Waals surface area contributed by atoms with Crippen molar-refractivity contribution in [3.63, 3.8) is 0 Å². The summed E-state index contributed by atoms with van der Waals surface area (Å²) in [5.41, 5.74) is 0.502. The molecule has 1 aromatic carbocycles. The van der Waals surface area contributed by atoms with Crippen LogP contribution in [0.1, 0.15) is 26.8 Å². The Morgan fingerprint density at radius 1 is 1.15 bits per heavy atom. The summed E-state index contributed by atoms with van der Waals surface area (Å²) < 4.78 is 51.4. The zero-order valence-electron chi connectivity index (χ0n) is 14.4. The van der Waals surface area contributed by atoms with Gasteiger partial charge in [0.15, 0.2) is 0 Å². The number of nitrogens with zero attached hydrogens (tertiary/aromatic N) is 2. The van der Waals surface area contributed by atoms with E-state index in [0.717, 1.165) is 33.4 Å². The van der Waals surface area contributed by atoms with Crippen LogP contribution in [0, 0.1) is 19.7 Å².